The highest BCUT2D eigenvalue weighted by Crippen LogP contribution is 2.07. The summed E-state index contributed by atoms with van der Waals surface area (Å²) in [6.07, 6.45) is 1.45. The second-order valence-electron chi connectivity index (χ2n) is 4.40. The normalized spacial score (nSPS) is 9.91. The van der Waals surface area contributed by atoms with Crippen molar-refractivity contribution < 1.29 is 14.0 Å². The first-order chi connectivity index (χ1) is 10.5. The maximum absolute atomic E-state index is 12.8. The Morgan fingerprint density at radius 2 is 1.86 bits per heavy atom. The van der Waals surface area contributed by atoms with Crippen molar-refractivity contribution in [3.63, 3.8) is 0 Å². The molecule has 22 heavy (non-hydrogen) atoms. The van der Waals surface area contributed by atoms with Gasteiger partial charge in [0.1, 0.15) is 11.5 Å². The van der Waals surface area contributed by atoms with Gasteiger partial charge >= 0.3 is 0 Å². The highest BCUT2D eigenvalue weighted by Gasteiger charge is 2.10. The van der Waals surface area contributed by atoms with Gasteiger partial charge in [-0.15, -0.1) is 0 Å². The first-order valence-electron chi connectivity index (χ1n) is 6.28. The molecule has 0 bridgehead atoms. The molecule has 6 nitrogen and oxygen atoms in total. The van der Waals surface area contributed by atoms with Crippen molar-refractivity contribution in [3.8, 4) is 0 Å². The molecule has 2 aromatic rings. The lowest BCUT2D eigenvalue weighted by Gasteiger charge is -2.10. The number of hydrogen-bond donors (Lipinski definition) is 4. The van der Waals surface area contributed by atoms with Crippen molar-refractivity contribution >= 4 is 34.7 Å². The van der Waals surface area contributed by atoms with E-state index in [0.717, 1.165) is 0 Å². The number of thiocarbonyl (C=S) groups is 1. The smallest absolute Gasteiger partial charge is 0.286 e. The van der Waals surface area contributed by atoms with Crippen LogP contribution in [-0.2, 0) is 0 Å². The number of carbonyl (C=O) groups is 2. The molecule has 0 fully saturated rings. The number of ketones is 1. The minimum absolute atomic E-state index is 0.137. The van der Waals surface area contributed by atoms with Crippen LogP contribution in [0.15, 0.2) is 36.5 Å². The van der Waals surface area contributed by atoms with E-state index in [9.17, 15) is 14.0 Å². The second-order valence-corrected chi connectivity index (χ2v) is 4.81. The summed E-state index contributed by atoms with van der Waals surface area (Å²) in [4.78, 5) is 25.7. The first-order valence-corrected chi connectivity index (χ1v) is 6.69. The monoisotopic (exact) mass is 320 g/mol. The number of Topliss-reactive ketones (excluding diaryl/α,β-unsaturated/α-hetero) is 1. The highest BCUT2D eigenvalue weighted by atomic mass is 32.1. The molecule has 0 aliphatic carbocycles. The van der Waals surface area contributed by atoms with E-state index in [2.05, 4.69) is 21.2 Å². The summed E-state index contributed by atoms with van der Waals surface area (Å²) in [5, 5.41) is 2.91. The Kier molecular flexibility index (Phi) is 4.84. The van der Waals surface area contributed by atoms with Crippen LogP contribution in [0.1, 0.15) is 27.8 Å². The van der Waals surface area contributed by atoms with Crippen LogP contribution >= 0.6 is 12.2 Å². The lowest BCUT2D eigenvalue weighted by atomic mass is 10.2. The Morgan fingerprint density at radius 1 is 1.18 bits per heavy atom. The van der Waals surface area contributed by atoms with E-state index in [1.807, 2.05) is 0 Å². The van der Waals surface area contributed by atoms with E-state index in [4.69, 9.17) is 12.2 Å². The molecular formula is C14H13FN4O2S. The summed E-state index contributed by atoms with van der Waals surface area (Å²) in [6, 6.07) is 7.03. The minimum atomic E-state index is -0.476. The molecule has 0 unspecified atom stereocenters. The third kappa shape index (κ3) is 4.13. The first kappa shape index (κ1) is 15.6. The number of aromatic nitrogens is 1. The molecule has 8 heteroatoms. The number of amides is 1. The van der Waals surface area contributed by atoms with Crippen LogP contribution in [0.4, 0.5) is 10.1 Å². The molecule has 0 spiro atoms. The van der Waals surface area contributed by atoms with Crippen molar-refractivity contribution in [2.45, 2.75) is 6.92 Å². The molecule has 1 aromatic heterocycles. The third-order valence-corrected chi connectivity index (χ3v) is 2.93. The highest BCUT2D eigenvalue weighted by molar-refractivity contribution is 7.80. The van der Waals surface area contributed by atoms with Gasteiger partial charge in [0, 0.05) is 17.4 Å². The van der Waals surface area contributed by atoms with Gasteiger partial charge in [0.05, 0.1) is 0 Å². The van der Waals surface area contributed by atoms with E-state index in [1.54, 1.807) is 0 Å². The van der Waals surface area contributed by atoms with Crippen molar-refractivity contribution in [1.29, 1.82) is 0 Å². The van der Waals surface area contributed by atoms with Crippen LogP contribution in [-0.4, -0.2) is 21.8 Å². The molecule has 0 saturated carbocycles. The van der Waals surface area contributed by atoms with Crippen molar-refractivity contribution in [2.24, 2.45) is 0 Å². The summed E-state index contributed by atoms with van der Waals surface area (Å²) in [5.74, 6) is -0.974. The minimum Gasteiger partial charge on any atom is -0.356 e. The largest absolute Gasteiger partial charge is 0.356 e. The number of hydrogen-bond acceptors (Lipinski definition) is 3. The SMILES string of the molecule is CC(=O)c1c[nH]c(C(=O)NNC(=S)Nc2ccc(F)cc2)c1. The summed E-state index contributed by atoms with van der Waals surface area (Å²) >= 11 is 4.99. The van der Waals surface area contributed by atoms with Crippen LogP contribution in [0.25, 0.3) is 0 Å². The number of aromatic amines is 1. The average Bonchev–Trinajstić information content (AvgIpc) is 2.97. The summed E-state index contributed by atoms with van der Waals surface area (Å²) in [6.45, 7) is 1.41. The van der Waals surface area contributed by atoms with Gasteiger partial charge in [0.2, 0.25) is 0 Å². The number of H-pyrrole nitrogens is 1. The summed E-state index contributed by atoms with van der Waals surface area (Å²) in [5.41, 5.74) is 6.09. The molecule has 0 radical (unpaired) electrons. The zero-order valence-electron chi connectivity index (χ0n) is 11.6. The van der Waals surface area contributed by atoms with Crippen LogP contribution in [0.5, 0.6) is 0 Å². The fourth-order valence-electron chi connectivity index (χ4n) is 1.61. The average molecular weight is 320 g/mol. The zero-order valence-corrected chi connectivity index (χ0v) is 12.4. The van der Waals surface area contributed by atoms with Crippen LogP contribution in [0.2, 0.25) is 0 Å². The lowest BCUT2D eigenvalue weighted by molar-refractivity contribution is 0.0939. The lowest BCUT2D eigenvalue weighted by Crippen LogP contribution is -2.43. The Hall–Kier alpha value is -2.74. The van der Waals surface area contributed by atoms with Crippen molar-refractivity contribution in [2.75, 3.05) is 5.32 Å². The molecule has 1 aromatic carbocycles. The quantitative estimate of drug-likeness (QED) is 0.395. The summed E-state index contributed by atoms with van der Waals surface area (Å²) < 4.78 is 12.8. The van der Waals surface area contributed by atoms with Gasteiger partial charge in [-0.1, -0.05) is 0 Å². The number of rotatable bonds is 3. The number of anilines is 1. The Labute approximate surface area is 131 Å². The summed E-state index contributed by atoms with van der Waals surface area (Å²) in [7, 11) is 0. The maximum atomic E-state index is 12.8. The van der Waals surface area contributed by atoms with Gasteiger partial charge in [-0.05, 0) is 49.5 Å². The fourth-order valence-corrected chi connectivity index (χ4v) is 1.77. The molecule has 4 N–H and O–H groups in total. The molecule has 1 heterocycles. The third-order valence-electron chi connectivity index (χ3n) is 2.73. The number of halogens is 1. The van der Waals surface area contributed by atoms with E-state index in [-0.39, 0.29) is 22.4 Å². The van der Waals surface area contributed by atoms with Crippen LogP contribution in [0.3, 0.4) is 0 Å². The van der Waals surface area contributed by atoms with E-state index < -0.39 is 5.91 Å². The zero-order chi connectivity index (χ0) is 16.1. The Morgan fingerprint density at radius 3 is 2.45 bits per heavy atom. The standard InChI is InChI=1S/C14H13FN4O2S/c1-8(20)9-6-12(16-7-9)13(21)18-19-14(22)17-11-4-2-10(15)3-5-11/h2-7,16H,1H3,(H,18,21)(H2,17,19,22). The molecule has 2 rings (SSSR count). The second kappa shape index (κ2) is 6.81. The number of nitrogens with one attached hydrogen (secondary N) is 4. The van der Waals surface area contributed by atoms with Gasteiger partial charge in [0.25, 0.3) is 5.91 Å². The molecule has 0 atom stereocenters. The van der Waals surface area contributed by atoms with Crippen LogP contribution < -0.4 is 16.2 Å². The predicted molar refractivity (Wildman–Crippen MR) is 84.0 cm³/mol. The number of carbonyl (C=O) groups excluding carboxylic acids is 2. The van der Waals surface area contributed by atoms with E-state index in [0.29, 0.717) is 11.3 Å². The molecular weight excluding hydrogens is 307 g/mol. The number of benzene rings is 1. The molecule has 1 amide bonds. The molecule has 0 saturated heterocycles. The van der Waals surface area contributed by atoms with Gasteiger partial charge < -0.3 is 10.3 Å². The van der Waals surface area contributed by atoms with Crippen molar-refractivity contribution in [1.82, 2.24) is 15.8 Å². The predicted octanol–water partition coefficient (Wildman–Crippen LogP) is 1.99. The van der Waals surface area contributed by atoms with Crippen LogP contribution in [0, 0.1) is 5.82 Å². The number of hydrazine groups is 1. The van der Waals surface area contributed by atoms with Gasteiger partial charge in [-0.25, -0.2) is 4.39 Å². The van der Waals surface area contributed by atoms with Gasteiger partial charge in [-0.2, -0.15) is 0 Å². The maximum Gasteiger partial charge on any atom is 0.286 e. The molecule has 114 valence electrons. The molecule has 0 aliphatic heterocycles. The van der Waals surface area contributed by atoms with Crippen molar-refractivity contribution in [3.05, 3.63) is 53.6 Å². The Bertz CT molecular complexity index is 712. The van der Waals surface area contributed by atoms with E-state index >= 15 is 0 Å². The van der Waals surface area contributed by atoms with Gasteiger partial charge in [-0.3, -0.25) is 20.4 Å². The fraction of sp³-hybridized carbons (Fsp3) is 0.0714. The molecule has 0 aliphatic rings. The Balaban J connectivity index is 1.86. The van der Waals surface area contributed by atoms with Gasteiger partial charge in [0.15, 0.2) is 10.9 Å². The van der Waals surface area contributed by atoms with E-state index in [1.165, 1.54) is 43.5 Å². The topological polar surface area (TPSA) is 86.0 Å².